The van der Waals surface area contributed by atoms with Gasteiger partial charge in [-0.2, -0.15) is 0 Å². The van der Waals surface area contributed by atoms with E-state index in [4.69, 9.17) is 0 Å². The zero-order chi connectivity index (χ0) is 33.8. The van der Waals surface area contributed by atoms with E-state index in [9.17, 15) is 20.1 Å². The summed E-state index contributed by atoms with van der Waals surface area (Å²) in [5, 5.41) is 33.2. The molecule has 0 saturated carbocycles. The van der Waals surface area contributed by atoms with Gasteiger partial charge in [0, 0.05) is 0 Å². The topological polar surface area (TPSA) is 89.8 Å². The first kappa shape index (κ1) is 45.3. The summed E-state index contributed by atoms with van der Waals surface area (Å²) in [4.78, 5) is 12.4. The SMILES string of the molecule is CCCCCCCCCCCCCCCCCCCCCCCCC(O)C(CO)NC(=O)C(O)CCCCCCCCCCCC. The normalized spacial score (nSPS) is 13.6. The second-order valence-corrected chi connectivity index (χ2v) is 14.6. The molecule has 0 aliphatic rings. The Hall–Kier alpha value is -0.650. The van der Waals surface area contributed by atoms with Gasteiger partial charge in [0.15, 0.2) is 0 Å². The summed E-state index contributed by atoms with van der Waals surface area (Å²) in [7, 11) is 0. The number of aliphatic hydroxyl groups excluding tert-OH is 3. The molecule has 3 atom stereocenters. The van der Waals surface area contributed by atoms with E-state index in [0.29, 0.717) is 12.8 Å². The van der Waals surface area contributed by atoms with Gasteiger partial charge in [-0.1, -0.05) is 219 Å². The summed E-state index contributed by atoms with van der Waals surface area (Å²) in [6, 6.07) is -0.704. The van der Waals surface area contributed by atoms with Crippen LogP contribution in [0.25, 0.3) is 0 Å². The molecule has 0 aromatic heterocycles. The molecule has 0 radical (unpaired) electrons. The van der Waals surface area contributed by atoms with Crippen molar-refractivity contribution in [2.24, 2.45) is 0 Å². The lowest BCUT2D eigenvalue weighted by atomic mass is 10.0. The minimum Gasteiger partial charge on any atom is -0.394 e. The minimum absolute atomic E-state index is 0.308. The van der Waals surface area contributed by atoms with E-state index in [0.717, 1.165) is 32.1 Å². The Labute approximate surface area is 287 Å². The number of hydrogen-bond acceptors (Lipinski definition) is 4. The average molecular weight is 654 g/mol. The zero-order valence-corrected chi connectivity index (χ0v) is 31.2. The van der Waals surface area contributed by atoms with Gasteiger partial charge < -0.3 is 20.6 Å². The van der Waals surface area contributed by atoms with Crippen LogP contribution in [0.3, 0.4) is 0 Å². The monoisotopic (exact) mass is 654 g/mol. The van der Waals surface area contributed by atoms with Crippen LogP contribution in [0.2, 0.25) is 0 Å². The van der Waals surface area contributed by atoms with Crippen LogP contribution in [-0.2, 0) is 4.79 Å². The average Bonchev–Trinajstić information content (AvgIpc) is 3.06. The van der Waals surface area contributed by atoms with Crippen molar-refractivity contribution in [1.82, 2.24) is 5.32 Å². The maximum atomic E-state index is 12.4. The molecular weight excluding hydrogens is 570 g/mol. The molecule has 1 amide bonds. The Morgan fingerprint density at radius 2 is 0.696 bits per heavy atom. The van der Waals surface area contributed by atoms with Crippen molar-refractivity contribution >= 4 is 5.91 Å². The smallest absolute Gasteiger partial charge is 0.249 e. The van der Waals surface area contributed by atoms with Crippen molar-refractivity contribution in [2.45, 2.75) is 250 Å². The highest BCUT2D eigenvalue weighted by atomic mass is 16.3. The Morgan fingerprint density at radius 3 is 0.978 bits per heavy atom. The van der Waals surface area contributed by atoms with Gasteiger partial charge in [-0.25, -0.2) is 0 Å². The van der Waals surface area contributed by atoms with E-state index in [1.165, 1.54) is 173 Å². The van der Waals surface area contributed by atoms with Crippen LogP contribution in [-0.4, -0.2) is 46.1 Å². The number of carbonyl (C=O) groups is 1. The lowest BCUT2D eigenvalue weighted by Gasteiger charge is -2.23. The highest BCUT2D eigenvalue weighted by molar-refractivity contribution is 5.80. The van der Waals surface area contributed by atoms with Crippen LogP contribution in [0, 0.1) is 0 Å². The molecule has 0 fully saturated rings. The number of aliphatic hydroxyl groups is 3. The fraction of sp³-hybridized carbons (Fsp3) is 0.976. The number of amides is 1. The molecule has 4 N–H and O–H groups in total. The lowest BCUT2D eigenvalue weighted by Crippen LogP contribution is -2.49. The summed E-state index contributed by atoms with van der Waals surface area (Å²) < 4.78 is 0. The van der Waals surface area contributed by atoms with Crippen molar-refractivity contribution in [1.29, 1.82) is 0 Å². The van der Waals surface area contributed by atoms with Crippen molar-refractivity contribution in [3.63, 3.8) is 0 Å². The number of nitrogens with one attached hydrogen (secondary N) is 1. The molecule has 3 unspecified atom stereocenters. The molecule has 46 heavy (non-hydrogen) atoms. The molecular formula is C41H83NO4. The number of unbranched alkanes of at least 4 members (excludes halogenated alkanes) is 30. The van der Waals surface area contributed by atoms with Crippen LogP contribution >= 0.6 is 0 Å². The first-order valence-electron chi connectivity index (χ1n) is 20.8. The Balaban J connectivity index is 3.54. The molecule has 0 aliphatic heterocycles. The second-order valence-electron chi connectivity index (χ2n) is 14.6. The number of carbonyl (C=O) groups excluding carboxylic acids is 1. The fourth-order valence-corrected chi connectivity index (χ4v) is 6.66. The molecule has 0 aliphatic carbocycles. The van der Waals surface area contributed by atoms with E-state index >= 15 is 0 Å². The second kappa shape index (κ2) is 37.2. The van der Waals surface area contributed by atoms with Crippen LogP contribution in [0.5, 0.6) is 0 Å². The van der Waals surface area contributed by atoms with Gasteiger partial charge in [-0.05, 0) is 12.8 Å². The summed E-state index contributed by atoms with van der Waals surface area (Å²) in [6.07, 6.45) is 41.1. The number of hydrogen-bond donors (Lipinski definition) is 4. The minimum atomic E-state index is -1.07. The molecule has 0 aromatic rings. The van der Waals surface area contributed by atoms with E-state index in [1.807, 2.05) is 0 Å². The summed E-state index contributed by atoms with van der Waals surface area (Å²) >= 11 is 0. The van der Waals surface area contributed by atoms with Crippen molar-refractivity contribution in [3.05, 3.63) is 0 Å². The van der Waals surface area contributed by atoms with Crippen LogP contribution in [0.1, 0.15) is 232 Å². The van der Waals surface area contributed by atoms with Crippen LogP contribution < -0.4 is 5.32 Å². The Morgan fingerprint density at radius 1 is 0.435 bits per heavy atom. The number of rotatable bonds is 38. The molecule has 0 aromatic carbocycles. The third kappa shape index (κ3) is 31.9. The third-order valence-corrected chi connectivity index (χ3v) is 9.98. The Kier molecular flexibility index (Phi) is 36.6. The summed E-state index contributed by atoms with van der Waals surface area (Å²) in [5.41, 5.74) is 0. The van der Waals surface area contributed by atoms with Gasteiger partial charge in [0.2, 0.25) is 5.91 Å². The highest BCUT2D eigenvalue weighted by Crippen LogP contribution is 2.17. The first-order chi connectivity index (χ1) is 22.6. The van der Waals surface area contributed by atoms with Crippen molar-refractivity contribution in [2.75, 3.05) is 6.61 Å². The maximum absolute atomic E-state index is 12.4. The van der Waals surface area contributed by atoms with E-state index in [1.54, 1.807) is 0 Å². The fourth-order valence-electron chi connectivity index (χ4n) is 6.66. The molecule has 0 spiro atoms. The molecule has 5 nitrogen and oxygen atoms in total. The van der Waals surface area contributed by atoms with E-state index in [2.05, 4.69) is 19.2 Å². The highest BCUT2D eigenvalue weighted by Gasteiger charge is 2.23. The van der Waals surface area contributed by atoms with Crippen molar-refractivity contribution in [3.8, 4) is 0 Å². The first-order valence-corrected chi connectivity index (χ1v) is 20.8. The molecule has 0 heterocycles. The maximum Gasteiger partial charge on any atom is 0.249 e. The summed E-state index contributed by atoms with van der Waals surface area (Å²) in [5.74, 6) is -0.469. The van der Waals surface area contributed by atoms with Crippen molar-refractivity contribution < 1.29 is 20.1 Å². The van der Waals surface area contributed by atoms with Gasteiger partial charge in [0.1, 0.15) is 6.10 Å². The molecule has 0 bridgehead atoms. The van der Waals surface area contributed by atoms with Gasteiger partial charge in [0.05, 0.1) is 18.8 Å². The Bertz CT molecular complexity index is 601. The van der Waals surface area contributed by atoms with Gasteiger partial charge in [-0.3, -0.25) is 4.79 Å². The predicted molar refractivity (Wildman–Crippen MR) is 199 cm³/mol. The standard InChI is InChI=1S/C41H83NO4/c1-3-5-7-9-11-13-15-16-17-18-19-20-21-22-23-24-25-26-28-29-31-33-35-39(44)38(37-43)42-41(46)40(45)36-34-32-30-27-14-12-10-8-6-4-2/h38-40,43-45H,3-37H2,1-2H3,(H,42,46). The quantitative estimate of drug-likeness (QED) is 0.0499. The summed E-state index contributed by atoms with van der Waals surface area (Å²) in [6.45, 7) is 4.22. The van der Waals surface area contributed by atoms with Crippen LogP contribution in [0.4, 0.5) is 0 Å². The van der Waals surface area contributed by atoms with Gasteiger partial charge in [-0.15, -0.1) is 0 Å². The molecule has 276 valence electrons. The van der Waals surface area contributed by atoms with E-state index < -0.39 is 24.2 Å². The third-order valence-electron chi connectivity index (χ3n) is 9.98. The molecule has 0 saturated heterocycles. The van der Waals surface area contributed by atoms with Gasteiger partial charge >= 0.3 is 0 Å². The largest absolute Gasteiger partial charge is 0.394 e. The lowest BCUT2D eigenvalue weighted by molar-refractivity contribution is -0.131. The zero-order valence-electron chi connectivity index (χ0n) is 31.2. The predicted octanol–water partition coefficient (Wildman–Crippen LogP) is 11.5. The molecule has 0 rings (SSSR count). The van der Waals surface area contributed by atoms with E-state index in [-0.39, 0.29) is 6.61 Å². The molecule has 5 heteroatoms. The van der Waals surface area contributed by atoms with Crippen LogP contribution in [0.15, 0.2) is 0 Å². The van der Waals surface area contributed by atoms with Gasteiger partial charge in [0.25, 0.3) is 0 Å².